The molecule has 106 valence electrons. The summed E-state index contributed by atoms with van der Waals surface area (Å²) in [4.78, 5) is 11.3. The number of halogens is 2. The Morgan fingerprint density at radius 2 is 2.00 bits per heavy atom. The standard InChI is InChI=1S/C11H14Cl2N2O3S/c1-3-14-11(16)7-15(2)19(17,18)10-6-8(12)4-5-9(10)13/h4-6H,3,7H2,1-2H3,(H,14,16). The van der Waals surface area contributed by atoms with Crippen LogP contribution in [0.4, 0.5) is 0 Å². The van der Waals surface area contributed by atoms with Gasteiger partial charge in [-0.25, -0.2) is 8.42 Å². The lowest BCUT2D eigenvalue weighted by Crippen LogP contribution is -2.38. The zero-order chi connectivity index (χ0) is 14.6. The molecule has 0 atom stereocenters. The van der Waals surface area contributed by atoms with E-state index in [1.807, 2.05) is 0 Å². The number of sulfonamides is 1. The molecule has 0 aromatic heterocycles. The van der Waals surface area contributed by atoms with Gasteiger partial charge in [0.05, 0.1) is 11.6 Å². The highest BCUT2D eigenvalue weighted by Gasteiger charge is 2.25. The minimum Gasteiger partial charge on any atom is -0.355 e. The first-order chi connectivity index (χ1) is 8.78. The van der Waals surface area contributed by atoms with E-state index < -0.39 is 10.0 Å². The Bertz CT molecular complexity index is 575. The maximum Gasteiger partial charge on any atom is 0.244 e. The molecule has 1 rings (SSSR count). The molecule has 0 saturated heterocycles. The molecule has 0 fully saturated rings. The van der Waals surface area contributed by atoms with Gasteiger partial charge < -0.3 is 5.32 Å². The van der Waals surface area contributed by atoms with Gasteiger partial charge in [0.1, 0.15) is 4.90 Å². The van der Waals surface area contributed by atoms with Crippen LogP contribution in [-0.2, 0) is 14.8 Å². The van der Waals surface area contributed by atoms with Crippen molar-refractivity contribution in [1.29, 1.82) is 0 Å². The summed E-state index contributed by atoms with van der Waals surface area (Å²) in [6.45, 7) is 1.91. The zero-order valence-corrected chi connectivity index (χ0v) is 12.8. The Kier molecular flexibility index (Phi) is 5.61. The number of likely N-dealkylation sites (N-methyl/N-ethyl adjacent to an activating group) is 2. The summed E-state index contributed by atoms with van der Waals surface area (Å²) in [6, 6.07) is 4.15. The highest BCUT2D eigenvalue weighted by atomic mass is 35.5. The summed E-state index contributed by atoms with van der Waals surface area (Å²) in [7, 11) is -2.54. The molecule has 0 unspecified atom stereocenters. The SMILES string of the molecule is CCNC(=O)CN(C)S(=O)(=O)c1cc(Cl)ccc1Cl. The summed E-state index contributed by atoms with van der Waals surface area (Å²) < 4.78 is 25.4. The van der Waals surface area contributed by atoms with Crippen molar-refractivity contribution in [2.75, 3.05) is 20.1 Å². The monoisotopic (exact) mass is 324 g/mol. The molecule has 0 aliphatic heterocycles. The van der Waals surface area contributed by atoms with Crippen LogP contribution < -0.4 is 5.32 Å². The molecule has 0 spiro atoms. The molecule has 1 aromatic rings. The second-order valence-corrected chi connectivity index (χ2v) is 6.65. The van der Waals surface area contributed by atoms with E-state index in [4.69, 9.17) is 23.2 Å². The highest BCUT2D eigenvalue weighted by Crippen LogP contribution is 2.26. The lowest BCUT2D eigenvalue weighted by Gasteiger charge is -2.17. The highest BCUT2D eigenvalue weighted by molar-refractivity contribution is 7.89. The quantitative estimate of drug-likeness (QED) is 0.897. The molecule has 5 nitrogen and oxygen atoms in total. The summed E-state index contributed by atoms with van der Waals surface area (Å²) in [5.41, 5.74) is 0. The Morgan fingerprint density at radius 3 is 2.58 bits per heavy atom. The number of carbonyl (C=O) groups excluding carboxylic acids is 1. The predicted octanol–water partition coefficient (Wildman–Crippen LogP) is 1.75. The first-order valence-electron chi connectivity index (χ1n) is 5.47. The first kappa shape index (κ1) is 16.2. The van der Waals surface area contributed by atoms with Crippen LogP contribution in [0.3, 0.4) is 0 Å². The number of hydrogen-bond donors (Lipinski definition) is 1. The molecule has 0 saturated carbocycles. The predicted molar refractivity (Wildman–Crippen MR) is 75.0 cm³/mol. The third kappa shape index (κ3) is 4.07. The van der Waals surface area contributed by atoms with E-state index in [0.717, 1.165) is 4.31 Å². The molecule has 0 aliphatic carbocycles. The summed E-state index contributed by atoms with van der Waals surface area (Å²) in [5, 5.41) is 2.84. The van der Waals surface area contributed by atoms with Gasteiger partial charge in [-0.3, -0.25) is 4.79 Å². The van der Waals surface area contributed by atoms with Crippen LogP contribution in [0.1, 0.15) is 6.92 Å². The molecule has 8 heteroatoms. The van der Waals surface area contributed by atoms with Crippen molar-refractivity contribution in [1.82, 2.24) is 9.62 Å². The van der Waals surface area contributed by atoms with Crippen molar-refractivity contribution < 1.29 is 13.2 Å². The normalized spacial score (nSPS) is 11.6. The fourth-order valence-corrected chi connectivity index (χ4v) is 3.24. The maximum absolute atomic E-state index is 12.2. The number of rotatable bonds is 5. The van der Waals surface area contributed by atoms with Crippen molar-refractivity contribution in [3.63, 3.8) is 0 Å². The second-order valence-electron chi connectivity index (χ2n) is 3.79. The topological polar surface area (TPSA) is 66.5 Å². The van der Waals surface area contributed by atoms with Crippen LogP contribution in [0, 0.1) is 0 Å². The van der Waals surface area contributed by atoms with Gasteiger partial charge in [-0.2, -0.15) is 4.31 Å². The van der Waals surface area contributed by atoms with E-state index in [9.17, 15) is 13.2 Å². The van der Waals surface area contributed by atoms with Crippen molar-refractivity contribution in [3.05, 3.63) is 28.2 Å². The number of nitrogens with zero attached hydrogens (tertiary/aromatic N) is 1. The number of nitrogens with one attached hydrogen (secondary N) is 1. The third-order valence-corrected chi connectivity index (χ3v) is 4.84. The first-order valence-corrected chi connectivity index (χ1v) is 7.66. The van der Waals surface area contributed by atoms with Crippen LogP contribution in [0.2, 0.25) is 10.0 Å². The van der Waals surface area contributed by atoms with Crippen molar-refractivity contribution in [2.24, 2.45) is 0 Å². The molecule has 1 aromatic carbocycles. The second kappa shape index (κ2) is 6.56. The molecule has 0 radical (unpaired) electrons. The van der Waals surface area contributed by atoms with Gasteiger partial charge in [0, 0.05) is 18.6 Å². The number of carbonyl (C=O) groups is 1. The van der Waals surface area contributed by atoms with Gasteiger partial charge in [-0.15, -0.1) is 0 Å². The maximum atomic E-state index is 12.2. The van der Waals surface area contributed by atoms with Crippen molar-refractivity contribution in [2.45, 2.75) is 11.8 Å². The van der Waals surface area contributed by atoms with Gasteiger partial charge in [0.2, 0.25) is 15.9 Å². The fraction of sp³-hybridized carbons (Fsp3) is 0.364. The van der Waals surface area contributed by atoms with Crippen molar-refractivity contribution >= 4 is 39.1 Å². The summed E-state index contributed by atoms with van der Waals surface area (Å²) >= 11 is 11.6. The average molecular weight is 325 g/mol. The minimum absolute atomic E-state index is 0.0622. The minimum atomic E-state index is -3.85. The Balaban J connectivity index is 3.03. The van der Waals surface area contributed by atoms with Crippen LogP contribution in [0.15, 0.2) is 23.1 Å². The smallest absolute Gasteiger partial charge is 0.244 e. The van der Waals surface area contributed by atoms with Crippen LogP contribution in [-0.4, -0.2) is 38.8 Å². The molecule has 0 aliphatic rings. The number of benzene rings is 1. The largest absolute Gasteiger partial charge is 0.355 e. The Hall–Kier alpha value is -0.820. The van der Waals surface area contributed by atoms with Gasteiger partial charge in [-0.1, -0.05) is 23.2 Å². The lowest BCUT2D eigenvalue weighted by atomic mass is 10.4. The van der Waals surface area contributed by atoms with Crippen LogP contribution in [0.5, 0.6) is 0 Å². The van der Waals surface area contributed by atoms with Gasteiger partial charge >= 0.3 is 0 Å². The number of amides is 1. The molecule has 1 amide bonds. The molecule has 19 heavy (non-hydrogen) atoms. The van der Waals surface area contributed by atoms with Gasteiger partial charge in [0.25, 0.3) is 0 Å². The molecule has 1 N–H and O–H groups in total. The van der Waals surface area contributed by atoms with Gasteiger partial charge in [0.15, 0.2) is 0 Å². The molecular formula is C11H14Cl2N2O3S. The average Bonchev–Trinajstić information content (AvgIpc) is 2.32. The number of hydrogen-bond acceptors (Lipinski definition) is 3. The van der Waals surface area contributed by atoms with Crippen molar-refractivity contribution in [3.8, 4) is 0 Å². The Labute approximate surface area is 122 Å². The lowest BCUT2D eigenvalue weighted by molar-refractivity contribution is -0.121. The molecule has 0 bridgehead atoms. The zero-order valence-electron chi connectivity index (χ0n) is 10.5. The van der Waals surface area contributed by atoms with E-state index in [2.05, 4.69) is 5.32 Å². The Morgan fingerprint density at radius 1 is 1.37 bits per heavy atom. The summed E-state index contributed by atoms with van der Waals surface area (Å²) in [5.74, 6) is -0.383. The van der Waals surface area contributed by atoms with Crippen LogP contribution in [0.25, 0.3) is 0 Å². The fourth-order valence-electron chi connectivity index (χ4n) is 1.38. The van der Waals surface area contributed by atoms with Gasteiger partial charge in [-0.05, 0) is 25.1 Å². The van der Waals surface area contributed by atoms with Crippen LogP contribution >= 0.6 is 23.2 Å². The van der Waals surface area contributed by atoms with E-state index in [1.165, 1.54) is 25.2 Å². The van der Waals surface area contributed by atoms with E-state index in [1.54, 1.807) is 6.92 Å². The summed E-state index contributed by atoms with van der Waals surface area (Å²) in [6.07, 6.45) is 0. The van der Waals surface area contributed by atoms with E-state index >= 15 is 0 Å². The molecular weight excluding hydrogens is 311 g/mol. The van der Waals surface area contributed by atoms with E-state index in [-0.39, 0.29) is 27.4 Å². The van der Waals surface area contributed by atoms with E-state index in [0.29, 0.717) is 6.54 Å². The third-order valence-electron chi connectivity index (χ3n) is 2.32. The molecule has 0 heterocycles.